The Labute approximate surface area is 120 Å². The lowest BCUT2D eigenvalue weighted by atomic mass is 10.1. The molecule has 1 aromatic rings. The van der Waals surface area contributed by atoms with Crippen LogP contribution in [0.15, 0.2) is 12.1 Å². The van der Waals surface area contributed by atoms with Gasteiger partial charge < -0.3 is 5.73 Å². The third-order valence-electron chi connectivity index (χ3n) is 2.63. The lowest BCUT2D eigenvalue weighted by molar-refractivity contribution is -0.392. The number of nitrogens with zero attached hydrogens (tertiary/aromatic N) is 2. The zero-order valence-electron chi connectivity index (χ0n) is 10.6. The van der Waals surface area contributed by atoms with E-state index < -0.39 is 26.9 Å². The molecule has 20 heavy (non-hydrogen) atoms. The van der Waals surface area contributed by atoms with Gasteiger partial charge in [0.25, 0.3) is 11.4 Å². The predicted octanol–water partition coefficient (Wildman–Crippen LogP) is 2.70. The molecule has 1 rings (SSSR count). The molecular weight excluding hydrogens is 286 g/mol. The summed E-state index contributed by atoms with van der Waals surface area (Å²) >= 11 is 5.68. The summed E-state index contributed by atoms with van der Waals surface area (Å²) in [5.74, 6) is 5.73. The molecule has 106 valence electrons. The van der Waals surface area contributed by atoms with Gasteiger partial charge in [0, 0.05) is 29.5 Å². The standard InChI is InChI=1S/C12H12ClN3O4/c1-2-8(7-13)3-4-9-5-10(15(17)18)12(14)11(6-9)16(19)20/h5-6,8H,2,7,14H2,1H3. The van der Waals surface area contributed by atoms with Gasteiger partial charge >= 0.3 is 0 Å². The highest BCUT2D eigenvalue weighted by molar-refractivity contribution is 6.18. The summed E-state index contributed by atoms with van der Waals surface area (Å²) in [6.07, 6.45) is 0.718. The maximum absolute atomic E-state index is 10.8. The molecule has 0 fully saturated rings. The Kier molecular flexibility index (Phi) is 5.29. The number of alkyl halides is 1. The number of halogens is 1. The summed E-state index contributed by atoms with van der Waals surface area (Å²) < 4.78 is 0. The van der Waals surface area contributed by atoms with Crippen LogP contribution in [0.4, 0.5) is 17.1 Å². The molecule has 1 aromatic carbocycles. The van der Waals surface area contributed by atoms with Crippen molar-refractivity contribution in [1.29, 1.82) is 0 Å². The number of anilines is 1. The Morgan fingerprint density at radius 2 is 1.80 bits per heavy atom. The predicted molar refractivity (Wildman–Crippen MR) is 75.5 cm³/mol. The molecule has 0 saturated carbocycles. The molecule has 0 aliphatic carbocycles. The first-order valence-electron chi connectivity index (χ1n) is 5.70. The van der Waals surface area contributed by atoms with Crippen LogP contribution in [-0.2, 0) is 0 Å². The van der Waals surface area contributed by atoms with E-state index in [4.69, 9.17) is 17.3 Å². The SMILES string of the molecule is CCC(C#Cc1cc([N+](=O)[O-])c(N)c([N+](=O)[O-])c1)CCl. The van der Waals surface area contributed by atoms with Crippen LogP contribution in [0.25, 0.3) is 0 Å². The normalized spacial score (nSPS) is 11.3. The van der Waals surface area contributed by atoms with Crippen LogP contribution in [0, 0.1) is 38.0 Å². The smallest absolute Gasteiger partial charge is 0.300 e. The minimum atomic E-state index is -0.771. The fourth-order valence-corrected chi connectivity index (χ4v) is 1.73. The van der Waals surface area contributed by atoms with Crippen molar-refractivity contribution in [3.05, 3.63) is 37.9 Å². The monoisotopic (exact) mass is 297 g/mol. The Hall–Kier alpha value is -2.33. The van der Waals surface area contributed by atoms with E-state index in [0.717, 1.165) is 18.6 Å². The van der Waals surface area contributed by atoms with Crippen molar-refractivity contribution in [3.63, 3.8) is 0 Å². The lowest BCUT2D eigenvalue weighted by Gasteiger charge is -2.01. The molecule has 0 amide bonds. The van der Waals surface area contributed by atoms with Crippen LogP contribution in [-0.4, -0.2) is 15.7 Å². The van der Waals surface area contributed by atoms with Crippen molar-refractivity contribution < 1.29 is 9.85 Å². The van der Waals surface area contributed by atoms with Crippen molar-refractivity contribution in [3.8, 4) is 11.8 Å². The summed E-state index contributed by atoms with van der Waals surface area (Å²) in [5.41, 5.74) is 4.05. The Bertz CT molecular complexity index is 567. The first kappa shape index (κ1) is 15.7. The molecule has 0 bridgehead atoms. The Morgan fingerprint density at radius 3 is 2.15 bits per heavy atom. The van der Waals surface area contributed by atoms with Crippen molar-refractivity contribution in [2.24, 2.45) is 5.92 Å². The summed E-state index contributed by atoms with van der Waals surface area (Å²) in [7, 11) is 0. The molecule has 0 aromatic heterocycles. The van der Waals surface area contributed by atoms with Gasteiger partial charge in [-0.25, -0.2) is 0 Å². The van der Waals surface area contributed by atoms with E-state index in [9.17, 15) is 20.2 Å². The van der Waals surface area contributed by atoms with Crippen molar-refractivity contribution in [2.45, 2.75) is 13.3 Å². The van der Waals surface area contributed by atoms with E-state index in [1.807, 2.05) is 6.92 Å². The number of benzene rings is 1. The van der Waals surface area contributed by atoms with E-state index in [2.05, 4.69) is 11.8 Å². The zero-order chi connectivity index (χ0) is 15.3. The van der Waals surface area contributed by atoms with E-state index >= 15 is 0 Å². The van der Waals surface area contributed by atoms with Gasteiger partial charge in [-0.3, -0.25) is 20.2 Å². The van der Waals surface area contributed by atoms with Gasteiger partial charge in [0.2, 0.25) is 0 Å². The van der Waals surface area contributed by atoms with Gasteiger partial charge in [0.1, 0.15) is 0 Å². The highest BCUT2D eigenvalue weighted by Crippen LogP contribution is 2.32. The molecule has 0 aliphatic rings. The van der Waals surface area contributed by atoms with Crippen molar-refractivity contribution >= 4 is 28.7 Å². The molecule has 0 heterocycles. The van der Waals surface area contributed by atoms with Crippen LogP contribution in [0.3, 0.4) is 0 Å². The van der Waals surface area contributed by atoms with Crippen LogP contribution in [0.1, 0.15) is 18.9 Å². The molecule has 0 saturated heterocycles. The second kappa shape index (κ2) is 6.73. The van der Waals surface area contributed by atoms with Crippen LogP contribution in [0.5, 0.6) is 0 Å². The maximum atomic E-state index is 10.8. The van der Waals surface area contributed by atoms with Gasteiger partial charge in [-0.05, 0) is 6.42 Å². The summed E-state index contributed by atoms with van der Waals surface area (Å²) in [5, 5.41) is 21.7. The largest absolute Gasteiger partial charge is 0.387 e. The van der Waals surface area contributed by atoms with Gasteiger partial charge in [0.05, 0.1) is 9.85 Å². The fraction of sp³-hybridized carbons (Fsp3) is 0.333. The Balaban J connectivity index is 3.35. The molecule has 0 spiro atoms. The van der Waals surface area contributed by atoms with Crippen LogP contribution in [0.2, 0.25) is 0 Å². The second-order valence-electron chi connectivity index (χ2n) is 3.97. The summed E-state index contributed by atoms with van der Waals surface area (Å²) in [6.45, 7) is 1.90. The number of rotatable bonds is 4. The first-order chi connectivity index (χ1) is 9.40. The van der Waals surface area contributed by atoms with Gasteiger partial charge in [-0.15, -0.1) is 11.6 Å². The van der Waals surface area contributed by atoms with E-state index in [-0.39, 0.29) is 11.5 Å². The molecule has 2 N–H and O–H groups in total. The highest BCUT2D eigenvalue weighted by Gasteiger charge is 2.23. The molecule has 0 aliphatic heterocycles. The van der Waals surface area contributed by atoms with Gasteiger partial charge in [-0.2, -0.15) is 0 Å². The topological polar surface area (TPSA) is 112 Å². The third-order valence-corrected chi connectivity index (χ3v) is 3.00. The lowest BCUT2D eigenvalue weighted by Crippen LogP contribution is -2.02. The van der Waals surface area contributed by atoms with Crippen molar-refractivity contribution in [2.75, 3.05) is 11.6 Å². The van der Waals surface area contributed by atoms with E-state index in [1.165, 1.54) is 0 Å². The highest BCUT2D eigenvalue weighted by atomic mass is 35.5. The Morgan fingerprint density at radius 1 is 1.30 bits per heavy atom. The summed E-state index contributed by atoms with van der Waals surface area (Å²) in [4.78, 5) is 20.1. The van der Waals surface area contributed by atoms with E-state index in [0.29, 0.717) is 5.88 Å². The average molecular weight is 298 g/mol. The minimum absolute atomic E-state index is 0.0765. The van der Waals surface area contributed by atoms with Crippen molar-refractivity contribution in [1.82, 2.24) is 0 Å². The van der Waals surface area contributed by atoms with E-state index in [1.54, 1.807) is 0 Å². The minimum Gasteiger partial charge on any atom is -0.387 e. The first-order valence-corrected chi connectivity index (χ1v) is 6.23. The molecule has 0 radical (unpaired) electrons. The quantitative estimate of drug-likeness (QED) is 0.302. The van der Waals surface area contributed by atoms with Crippen LogP contribution < -0.4 is 5.73 Å². The number of hydrogen-bond donors (Lipinski definition) is 1. The number of nitrogens with two attached hydrogens (primary N) is 1. The summed E-state index contributed by atoms with van der Waals surface area (Å²) in [6, 6.07) is 2.24. The number of hydrogen-bond acceptors (Lipinski definition) is 5. The molecular formula is C12H12ClN3O4. The second-order valence-corrected chi connectivity index (χ2v) is 4.28. The average Bonchev–Trinajstić information content (AvgIpc) is 2.40. The number of nitro benzene ring substituents is 2. The molecule has 1 unspecified atom stereocenters. The fourth-order valence-electron chi connectivity index (χ4n) is 1.43. The van der Waals surface area contributed by atoms with Crippen LogP contribution >= 0.6 is 11.6 Å². The number of nitro groups is 2. The third kappa shape index (κ3) is 3.59. The molecule has 1 atom stereocenters. The molecule has 7 nitrogen and oxygen atoms in total. The zero-order valence-corrected chi connectivity index (χ0v) is 11.4. The van der Waals surface area contributed by atoms with Gasteiger partial charge in [0.15, 0.2) is 5.69 Å². The maximum Gasteiger partial charge on any atom is 0.300 e. The number of nitrogen functional groups attached to an aromatic ring is 1. The van der Waals surface area contributed by atoms with Gasteiger partial charge in [-0.1, -0.05) is 18.8 Å². The molecule has 8 heteroatoms.